The SMILES string of the molecule is CCC(NC(=O)c1cccn1C)c1ncnn1CC. The molecule has 6 nitrogen and oxygen atoms in total. The van der Waals surface area contributed by atoms with Gasteiger partial charge in [0.05, 0.1) is 6.04 Å². The second kappa shape index (κ2) is 5.69. The zero-order valence-electron chi connectivity index (χ0n) is 11.5. The van der Waals surface area contributed by atoms with E-state index >= 15 is 0 Å². The summed E-state index contributed by atoms with van der Waals surface area (Å²) in [6.45, 7) is 4.76. The predicted octanol–water partition coefficient (Wildman–Crippen LogP) is 1.52. The first kappa shape index (κ1) is 13.3. The molecule has 0 aromatic carbocycles. The molecule has 0 saturated carbocycles. The molecule has 0 aliphatic rings. The van der Waals surface area contributed by atoms with Crippen LogP contribution in [0.25, 0.3) is 0 Å². The quantitative estimate of drug-likeness (QED) is 0.887. The number of carbonyl (C=O) groups excluding carboxylic acids is 1. The van der Waals surface area contributed by atoms with E-state index in [9.17, 15) is 4.79 Å². The smallest absolute Gasteiger partial charge is 0.268 e. The number of hydrogen-bond donors (Lipinski definition) is 1. The number of aromatic nitrogens is 4. The fraction of sp³-hybridized carbons (Fsp3) is 0.462. The lowest BCUT2D eigenvalue weighted by Crippen LogP contribution is -2.31. The highest BCUT2D eigenvalue weighted by Gasteiger charge is 2.19. The molecule has 0 bridgehead atoms. The maximum atomic E-state index is 12.2. The Labute approximate surface area is 112 Å². The molecule has 2 rings (SSSR count). The Balaban J connectivity index is 2.16. The normalized spacial score (nSPS) is 12.4. The Hall–Kier alpha value is -2.11. The first-order valence-corrected chi connectivity index (χ1v) is 6.47. The molecule has 0 aliphatic carbocycles. The first-order chi connectivity index (χ1) is 9.17. The molecule has 1 N–H and O–H groups in total. The van der Waals surface area contributed by atoms with Gasteiger partial charge >= 0.3 is 0 Å². The molecular formula is C13H19N5O. The van der Waals surface area contributed by atoms with Crippen molar-refractivity contribution < 1.29 is 4.79 Å². The van der Waals surface area contributed by atoms with Gasteiger partial charge in [0, 0.05) is 19.8 Å². The van der Waals surface area contributed by atoms with E-state index in [1.54, 1.807) is 15.3 Å². The molecule has 1 atom stereocenters. The summed E-state index contributed by atoms with van der Waals surface area (Å²) in [5, 5.41) is 7.14. The molecular weight excluding hydrogens is 242 g/mol. The van der Waals surface area contributed by atoms with Crippen LogP contribution in [0.15, 0.2) is 24.7 Å². The third-order valence-electron chi connectivity index (χ3n) is 3.15. The highest BCUT2D eigenvalue weighted by Crippen LogP contribution is 2.14. The van der Waals surface area contributed by atoms with Gasteiger partial charge in [-0.05, 0) is 25.5 Å². The van der Waals surface area contributed by atoms with E-state index in [1.807, 2.05) is 33.2 Å². The Morgan fingerprint density at radius 1 is 1.47 bits per heavy atom. The number of rotatable bonds is 5. The van der Waals surface area contributed by atoms with Crippen molar-refractivity contribution in [3.05, 3.63) is 36.2 Å². The standard InChI is InChI=1S/C13H19N5O/c1-4-10(12-14-9-15-18(12)5-2)16-13(19)11-7-6-8-17(11)3/h6-10H,4-5H2,1-3H3,(H,16,19). The van der Waals surface area contributed by atoms with Crippen LogP contribution < -0.4 is 5.32 Å². The summed E-state index contributed by atoms with van der Waals surface area (Å²) in [7, 11) is 1.85. The molecule has 2 aromatic heterocycles. The number of nitrogens with one attached hydrogen (secondary N) is 1. The van der Waals surface area contributed by atoms with Crippen LogP contribution in [0, 0.1) is 0 Å². The van der Waals surface area contributed by atoms with Gasteiger partial charge in [0.25, 0.3) is 5.91 Å². The van der Waals surface area contributed by atoms with Gasteiger partial charge < -0.3 is 9.88 Å². The van der Waals surface area contributed by atoms with E-state index in [0.717, 1.165) is 18.8 Å². The summed E-state index contributed by atoms with van der Waals surface area (Å²) in [5.74, 6) is 0.706. The van der Waals surface area contributed by atoms with Crippen LogP contribution in [0.1, 0.15) is 42.6 Å². The zero-order valence-corrected chi connectivity index (χ0v) is 11.5. The Bertz CT molecular complexity index is 557. The van der Waals surface area contributed by atoms with Gasteiger partial charge in [0.1, 0.15) is 17.8 Å². The predicted molar refractivity (Wildman–Crippen MR) is 71.6 cm³/mol. The number of hydrogen-bond acceptors (Lipinski definition) is 3. The molecule has 102 valence electrons. The fourth-order valence-corrected chi connectivity index (χ4v) is 2.06. The minimum Gasteiger partial charge on any atom is -0.347 e. The van der Waals surface area contributed by atoms with Crippen LogP contribution >= 0.6 is 0 Å². The average molecular weight is 261 g/mol. The molecule has 0 spiro atoms. The number of amides is 1. The van der Waals surface area contributed by atoms with Gasteiger partial charge in [-0.15, -0.1) is 0 Å². The van der Waals surface area contributed by atoms with E-state index in [-0.39, 0.29) is 11.9 Å². The Morgan fingerprint density at radius 2 is 2.26 bits per heavy atom. The molecule has 0 aliphatic heterocycles. The zero-order chi connectivity index (χ0) is 13.8. The number of nitrogens with zero attached hydrogens (tertiary/aromatic N) is 4. The maximum Gasteiger partial charge on any atom is 0.268 e. The van der Waals surface area contributed by atoms with Crippen LogP contribution in [0.4, 0.5) is 0 Å². The highest BCUT2D eigenvalue weighted by atomic mass is 16.2. The van der Waals surface area contributed by atoms with E-state index in [1.165, 1.54) is 6.33 Å². The first-order valence-electron chi connectivity index (χ1n) is 6.47. The van der Waals surface area contributed by atoms with Crippen LogP contribution in [-0.2, 0) is 13.6 Å². The fourth-order valence-electron chi connectivity index (χ4n) is 2.06. The third kappa shape index (κ3) is 2.67. The van der Waals surface area contributed by atoms with E-state index in [4.69, 9.17) is 0 Å². The van der Waals surface area contributed by atoms with E-state index in [0.29, 0.717) is 5.69 Å². The third-order valence-corrected chi connectivity index (χ3v) is 3.15. The number of aryl methyl sites for hydroxylation is 2. The lowest BCUT2D eigenvalue weighted by atomic mass is 10.2. The molecule has 6 heteroatoms. The van der Waals surface area contributed by atoms with Gasteiger partial charge in [-0.1, -0.05) is 6.92 Å². The topological polar surface area (TPSA) is 64.7 Å². The van der Waals surface area contributed by atoms with Gasteiger partial charge in [0.15, 0.2) is 0 Å². The van der Waals surface area contributed by atoms with Gasteiger partial charge in [-0.3, -0.25) is 4.79 Å². The molecule has 0 radical (unpaired) electrons. The van der Waals surface area contributed by atoms with E-state index in [2.05, 4.69) is 15.4 Å². The van der Waals surface area contributed by atoms with Crippen molar-refractivity contribution in [2.75, 3.05) is 0 Å². The second-order valence-corrected chi connectivity index (χ2v) is 4.37. The van der Waals surface area contributed by atoms with Crippen LogP contribution in [0.5, 0.6) is 0 Å². The minimum atomic E-state index is -0.121. The summed E-state index contributed by atoms with van der Waals surface area (Å²) in [6.07, 6.45) is 4.15. The van der Waals surface area contributed by atoms with Crippen molar-refractivity contribution >= 4 is 5.91 Å². The minimum absolute atomic E-state index is 0.0926. The van der Waals surface area contributed by atoms with Gasteiger partial charge in [0.2, 0.25) is 0 Å². The molecule has 0 saturated heterocycles. The monoisotopic (exact) mass is 261 g/mol. The largest absolute Gasteiger partial charge is 0.347 e. The van der Waals surface area contributed by atoms with Crippen molar-refractivity contribution in [1.29, 1.82) is 0 Å². The lowest BCUT2D eigenvalue weighted by molar-refractivity contribution is 0.0924. The summed E-state index contributed by atoms with van der Waals surface area (Å²) < 4.78 is 3.60. The molecule has 19 heavy (non-hydrogen) atoms. The summed E-state index contributed by atoms with van der Waals surface area (Å²) in [4.78, 5) is 16.4. The molecule has 1 amide bonds. The van der Waals surface area contributed by atoms with Crippen molar-refractivity contribution in [2.24, 2.45) is 7.05 Å². The van der Waals surface area contributed by atoms with Crippen molar-refractivity contribution in [3.8, 4) is 0 Å². The molecule has 1 unspecified atom stereocenters. The van der Waals surface area contributed by atoms with Gasteiger partial charge in [-0.25, -0.2) is 9.67 Å². The summed E-state index contributed by atoms with van der Waals surface area (Å²) in [6, 6.07) is 3.53. The highest BCUT2D eigenvalue weighted by molar-refractivity contribution is 5.92. The second-order valence-electron chi connectivity index (χ2n) is 4.37. The molecule has 2 heterocycles. The average Bonchev–Trinajstić information content (AvgIpc) is 3.03. The van der Waals surface area contributed by atoms with Crippen LogP contribution in [0.3, 0.4) is 0 Å². The van der Waals surface area contributed by atoms with Crippen molar-refractivity contribution in [3.63, 3.8) is 0 Å². The molecule has 2 aromatic rings. The number of carbonyl (C=O) groups is 1. The van der Waals surface area contributed by atoms with Crippen LogP contribution in [-0.4, -0.2) is 25.2 Å². The van der Waals surface area contributed by atoms with E-state index < -0.39 is 0 Å². The van der Waals surface area contributed by atoms with Gasteiger partial charge in [-0.2, -0.15) is 5.10 Å². The van der Waals surface area contributed by atoms with Crippen LogP contribution in [0.2, 0.25) is 0 Å². The summed E-state index contributed by atoms with van der Waals surface area (Å²) >= 11 is 0. The summed E-state index contributed by atoms with van der Waals surface area (Å²) in [5.41, 5.74) is 0.640. The Morgan fingerprint density at radius 3 is 2.84 bits per heavy atom. The molecule has 0 fully saturated rings. The lowest BCUT2D eigenvalue weighted by Gasteiger charge is -2.17. The van der Waals surface area contributed by atoms with Crippen molar-refractivity contribution in [2.45, 2.75) is 32.9 Å². The Kier molecular flexibility index (Phi) is 3.99. The van der Waals surface area contributed by atoms with Crippen molar-refractivity contribution in [1.82, 2.24) is 24.6 Å². The maximum absolute atomic E-state index is 12.2.